The van der Waals surface area contributed by atoms with Gasteiger partial charge in [-0.15, -0.1) is 0 Å². The first kappa shape index (κ1) is 10.7. The number of urea groups is 1. The Hall–Kier alpha value is -1.26. The summed E-state index contributed by atoms with van der Waals surface area (Å²) in [5, 5.41) is 2.32. The van der Waals surface area contributed by atoms with E-state index in [1.807, 2.05) is 0 Å². The van der Waals surface area contributed by atoms with E-state index < -0.39 is 6.03 Å². The number of carbonyl (C=O) groups excluding carboxylic acids is 2. The summed E-state index contributed by atoms with van der Waals surface area (Å²) >= 11 is 0. The fourth-order valence-electron chi connectivity index (χ4n) is 0.622. The zero-order valence-electron chi connectivity index (χ0n) is 7.29. The van der Waals surface area contributed by atoms with Crippen molar-refractivity contribution in [3.63, 3.8) is 0 Å². The molecule has 0 aliphatic rings. The van der Waals surface area contributed by atoms with E-state index in [0.29, 0.717) is 6.61 Å². The summed E-state index contributed by atoms with van der Waals surface area (Å²) in [6.07, 6.45) is 0. The quantitative estimate of drug-likeness (QED) is 0.582. The van der Waals surface area contributed by atoms with Crippen molar-refractivity contribution >= 4 is 12.0 Å². The number of carbonyl (C=O) groups is 2. The highest BCUT2D eigenvalue weighted by Crippen LogP contribution is 1.95. The van der Waals surface area contributed by atoms with Gasteiger partial charge in [-0.1, -0.05) is 6.92 Å². The number of hydrogen-bond donors (Lipinski definition) is 2. The van der Waals surface area contributed by atoms with Crippen molar-refractivity contribution in [3.8, 4) is 0 Å². The Morgan fingerprint density at radius 3 is 2.58 bits per heavy atom. The van der Waals surface area contributed by atoms with Crippen LogP contribution in [0, 0.1) is 5.92 Å². The maximum atomic E-state index is 10.9. The molecular weight excluding hydrogens is 160 g/mol. The highest BCUT2D eigenvalue weighted by atomic mass is 16.5. The SMILES string of the molecule is CCOC(=O)[C@@H](C)CNC(N)=O. The van der Waals surface area contributed by atoms with Crippen molar-refractivity contribution in [2.24, 2.45) is 11.7 Å². The van der Waals surface area contributed by atoms with Gasteiger partial charge in [0.2, 0.25) is 0 Å². The molecule has 0 aromatic carbocycles. The minimum absolute atomic E-state index is 0.216. The molecule has 0 radical (unpaired) electrons. The molecule has 0 bridgehead atoms. The summed E-state index contributed by atoms with van der Waals surface area (Å²) in [6.45, 7) is 3.95. The number of primary amides is 1. The average molecular weight is 174 g/mol. The predicted molar refractivity (Wildman–Crippen MR) is 43.4 cm³/mol. The van der Waals surface area contributed by atoms with Gasteiger partial charge in [-0.05, 0) is 6.92 Å². The Kier molecular flexibility index (Phi) is 4.83. The molecule has 0 heterocycles. The second-order valence-corrected chi connectivity index (χ2v) is 2.40. The average Bonchev–Trinajstić information content (AvgIpc) is 2.00. The molecule has 0 aliphatic carbocycles. The summed E-state index contributed by atoms with van der Waals surface area (Å²) in [5.41, 5.74) is 4.81. The lowest BCUT2D eigenvalue weighted by molar-refractivity contribution is -0.147. The molecule has 1 atom stereocenters. The van der Waals surface area contributed by atoms with Crippen LogP contribution >= 0.6 is 0 Å². The molecule has 3 N–H and O–H groups in total. The highest BCUT2D eigenvalue weighted by Gasteiger charge is 2.13. The van der Waals surface area contributed by atoms with Gasteiger partial charge in [0, 0.05) is 6.54 Å². The van der Waals surface area contributed by atoms with E-state index in [1.165, 1.54) is 0 Å². The maximum Gasteiger partial charge on any atom is 0.312 e. The second-order valence-electron chi connectivity index (χ2n) is 2.40. The molecule has 0 saturated heterocycles. The Bertz CT molecular complexity index is 170. The molecule has 0 aromatic rings. The highest BCUT2D eigenvalue weighted by molar-refractivity contribution is 5.75. The number of ether oxygens (including phenoxy) is 1. The molecule has 0 saturated carbocycles. The lowest BCUT2D eigenvalue weighted by Crippen LogP contribution is -2.35. The van der Waals surface area contributed by atoms with Crippen LogP contribution in [0.15, 0.2) is 0 Å². The van der Waals surface area contributed by atoms with Crippen molar-refractivity contribution < 1.29 is 14.3 Å². The minimum Gasteiger partial charge on any atom is -0.466 e. The lowest BCUT2D eigenvalue weighted by atomic mass is 10.2. The minimum atomic E-state index is -0.633. The van der Waals surface area contributed by atoms with Gasteiger partial charge in [0.05, 0.1) is 12.5 Å². The number of esters is 1. The summed E-state index contributed by atoms with van der Waals surface area (Å²) in [5.74, 6) is -0.677. The van der Waals surface area contributed by atoms with E-state index in [0.717, 1.165) is 0 Å². The van der Waals surface area contributed by atoms with E-state index >= 15 is 0 Å². The first-order valence-electron chi connectivity index (χ1n) is 3.77. The van der Waals surface area contributed by atoms with Gasteiger partial charge in [0.15, 0.2) is 0 Å². The zero-order valence-corrected chi connectivity index (χ0v) is 7.29. The van der Waals surface area contributed by atoms with Crippen molar-refractivity contribution in [1.82, 2.24) is 5.32 Å². The number of nitrogens with two attached hydrogens (primary N) is 1. The summed E-state index contributed by atoms with van der Waals surface area (Å²) in [7, 11) is 0. The predicted octanol–water partition coefficient (Wildman–Crippen LogP) is -0.146. The first-order chi connectivity index (χ1) is 5.57. The van der Waals surface area contributed by atoms with Crippen LogP contribution < -0.4 is 11.1 Å². The molecule has 5 heteroatoms. The standard InChI is InChI=1S/C7H14N2O3/c1-3-12-6(10)5(2)4-9-7(8)11/h5H,3-4H2,1-2H3,(H3,8,9,11)/t5-/m0/s1. The van der Waals surface area contributed by atoms with Gasteiger partial charge in [-0.2, -0.15) is 0 Å². The fourth-order valence-corrected chi connectivity index (χ4v) is 0.622. The van der Waals surface area contributed by atoms with Gasteiger partial charge in [-0.3, -0.25) is 4.79 Å². The van der Waals surface area contributed by atoms with Gasteiger partial charge in [-0.25, -0.2) is 4.79 Å². The van der Waals surface area contributed by atoms with E-state index in [4.69, 9.17) is 10.5 Å². The number of nitrogens with one attached hydrogen (secondary N) is 1. The molecule has 0 spiro atoms. The third-order valence-corrected chi connectivity index (χ3v) is 1.27. The third-order valence-electron chi connectivity index (χ3n) is 1.27. The molecule has 0 rings (SSSR count). The smallest absolute Gasteiger partial charge is 0.312 e. The van der Waals surface area contributed by atoms with E-state index in [2.05, 4.69) is 5.32 Å². The number of amides is 2. The monoisotopic (exact) mass is 174 g/mol. The van der Waals surface area contributed by atoms with Crippen LogP contribution in [0.3, 0.4) is 0 Å². The van der Waals surface area contributed by atoms with E-state index in [9.17, 15) is 9.59 Å². The summed E-state index contributed by atoms with van der Waals surface area (Å²) in [4.78, 5) is 21.2. The summed E-state index contributed by atoms with van der Waals surface area (Å²) in [6, 6.07) is -0.633. The number of hydrogen-bond acceptors (Lipinski definition) is 3. The van der Waals surface area contributed by atoms with Crippen LogP contribution in [0.2, 0.25) is 0 Å². The molecule has 0 unspecified atom stereocenters. The molecule has 0 aromatic heterocycles. The van der Waals surface area contributed by atoms with Gasteiger partial charge >= 0.3 is 12.0 Å². The Morgan fingerprint density at radius 2 is 2.17 bits per heavy atom. The van der Waals surface area contributed by atoms with Gasteiger partial charge < -0.3 is 15.8 Å². The molecule has 0 fully saturated rings. The van der Waals surface area contributed by atoms with Gasteiger partial charge in [0.1, 0.15) is 0 Å². The van der Waals surface area contributed by atoms with Crippen molar-refractivity contribution in [1.29, 1.82) is 0 Å². The van der Waals surface area contributed by atoms with Crippen molar-refractivity contribution in [2.45, 2.75) is 13.8 Å². The van der Waals surface area contributed by atoms with Crippen LogP contribution in [0.4, 0.5) is 4.79 Å². The fraction of sp³-hybridized carbons (Fsp3) is 0.714. The largest absolute Gasteiger partial charge is 0.466 e. The van der Waals surface area contributed by atoms with E-state index in [-0.39, 0.29) is 18.4 Å². The van der Waals surface area contributed by atoms with Crippen LogP contribution in [0.25, 0.3) is 0 Å². The molecule has 70 valence electrons. The number of rotatable bonds is 4. The van der Waals surface area contributed by atoms with E-state index in [1.54, 1.807) is 13.8 Å². The molecule has 5 nitrogen and oxygen atoms in total. The Morgan fingerprint density at radius 1 is 1.58 bits per heavy atom. The molecule has 12 heavy (non-hydrogen) atoms. The molecular formula is C7H14N2O3. The normalized spacial score (nSPS) is 11.8. The Labute approximate surface area is 71.3 Å². The summed E-state index contributed by atoms with van der Waals surface area (Å²) < 4.78 is 4.70. The topological polar surface area (TPSA) is 81.4 Å². The van der Waals surface area contributed by atoms with Crippen LogP contribution in [0.1, 0.15) is 13.8 Å². The third kappa shape index (κ3) is 4.54. The van der Waals surface area contributed by atoms with Crippen molar-refractivity contribution in [3.05, 3.63) is 0 Å². The van der Waals surface area contributed by atoms with Crippen LogP contribution in [0.5, 0.6) is 0 Å². The van der Waals surface area contributed by atoms with Crippen LogP contribution in [-0.2, 0) is 9.53 Å². The zero-order chi connectivity index (χ0) is 9.56. The Balaban J connectivity index is 3.63. The van der Waals surface area contributed by atoms with Gasteiger partial charge in [0.25, 0.3) is 0 Å². The molecule has 2 amide bonds. The lowest BCUT2D eigenvalue weighted by Gasteiger charge is -2.09. The molecule has 0 aliphatic heterocycles. The first-order valence-corrected chi connectivity index (χ1v) is 3.77. The maximum absolute atomic E-state index is 10.9. The second kappa shape index (κ2) is 5.40. The van der Waals surface area contributed by atoms with Crippen LogP contribution in [-0.4, -0.2) is 25.2 Å². The van der Waals surface area contributed by atoms with Crippen molar-refractivity contribution in [2.75, 3.05) is 13.2 Å².